The number of amides is 1. The van der Waals surface area contributed by atoms with Crippen LogP contribution in [0.3, 0.4) is 0 Å². The minimum atomic E-state index is -4.65. The summed E-state index contributed by atoms with van der Waals surface area (Å²) in [5.74, 6) is -1.30. The zero-order valence-electron chi connectivity index (χ0n) is 10.7. The van der Waals surface area contributed by atoms with E-state index in [-0.39, 0.29) is 22.1 Å². The summed E-state index contributed by atoms with van der Waals surface area (Å²) in [7, 11) is 1.13. The fourth-order valence-electron chi connectivity index (χ4n) is 2.09. The van der Waals surface area contributed by atoms with E-state index < -0.39 is 17.6 Å². The van der Waals surface area contributed by atoms with Crippen LogP contribution in [0.1, 0.15) is 15.9 Å². The number of fused-ring (bicyclic) bond motifs is 1. The standard InChI is InChI=1S/C14H8F3NO3/c1-21-11-6-5-8-9(12(11)14(15,16)17)3-2-4-10(8)13(20)18-7-19/h2-6H,1H3. The van der Waals surface area contributed by atoms with Crippen molar-refractivity contribution in [2.45, 2.75) is 6.18 Å². The molecule has 2 aromatic rings. The second-order valence-electron chi connectivity index (χ2n) is 4.05. The molecule has 0 spiro atoms. The predicted octanol–water partition coefficient (Wildman–Crippen LogP) is 3.34. The summed E-state index contributed by atoms with van der Waals surface area (Å²) >= 11 is 0. The Kier molecular flexibility index (Phi) is 3.78. The summed E-state index contributed by atoms with van der Waals surface area (Å²) in [6.07, 6.45) is -3.58. The molecular formula is C14H8F3NO3. The molecule has 21 heavy (non-hydrogen) atoms. The van der Waals surface area contributed by atoms with Crippen LogP contribution in [0.2, 0.25) is 0 Å². The van der Waals surface area contributed by atoms with Crippen molar-refractivity contribution in [1.29, 1.82) is 0 Å². The predicted molar refractivity (Wildman–Crippen MR) is 68.0 cm³/mol. The van der Waals surface area contributed by atoms with E-state index in [1.54, 1.807) is 0 Å². The van der Waals surface area contributed by atoms with E-state index in [9.17, 15) is 22.8 Å². The lowest BCUT2D eigenvalue weighted by atomic mass is 9.98. The molecule has 0 fully saturated rings. The highest BCUT2D eigenvalue weighted by atomic mass is 19.4. The van der Waals surface area contributed by atoms with E-state index in [0.29, 0.717) is 0 Å². The Morgan fingerprint density at radius 3 is 2.48 bits per heavy atom. The Morgan fingerprint density at radius 1 is 1.19 bits per heavy atom. The number of carbonyl (C=O) groups is 1. The van der Waals surface area contributed by atoms with Crippen molar-refractivity contribution in [2.24, 2.45) is 4.99 Å². The topological polar surface area (TPSA) is 55.7 Å². The van der Waals surface area contributed by atoms with Gasteiger partial charge in [-0.25, -0.2) is 4.79 Å². The number of alkyl halides is 3. The smallest absolute Gasteiger partial charge is 0.420 e. The van der Waals surface area contributed by atoms with Crippen LogP contribution in [-0.2, 0) is 11.0 Å². The van der Waals surface area contributed by atoms with Gasteiger partial charge in [0.25, 0.3) is 5.91 Å². The lowest BCUT2D eigenvalue weighted by molar-refractivity contribution is -0.137. The van der Waals surface area contributed by atoms with Crippen LogP contribution in [-0.4, -0.2) is 19.1 Å². The minimum Gasteiger partial charge on any atom is -0.496 e. The molecule has 2 rings (SSSR count). The molecule has 0 aliphatic rings. The summed E-state index contributed by atoms with van der Waals surface area (Å²) in [6, 6.07) is 6.23. The molecule has 0 N–H and O–H groups in total. The third-order valence-electron chi connectivity index (χ3n) is 2.90. The highest BCUT2D eigenvalue weighted by Crippen LogP contribution is 2.41. The number of nitrogens with zero attached hydrogens (tertiary/aromatic N) is 1. The second kappa shape index (κ2) is 5.38. The third kappa shape index (κ3) is 2.64. The van der Waals surface area contributed by atoms with Gasteiger partial charge in [-0.05, 0) is 29.0 Å². The largest absolute Gasteiger partial charge is 0.496 e. The molecular weight excluding hydrogens is 287 g/mol. The Bertz CT molecular complexity index is 762. The van der Waals surface area contributed by atoms with E-state index >= 15 is 0 Å². The van der Waals surface area contributed by atoms with Gasteiger partial charge in [0.05, 0.1) is 12.7 Å². The van der Waals surface area contributed by atoms with Crippen LogP contribution in [0.15, 0.2) is 35.3 Å². The average Bonchev–Trinajstić information content (AvgIpc) is 2.44. The third-order valence-corrected chi connectivity index (χ3v) is 2.90. The van der Waals surface area contributed by atoms with E-state index in [1.165, 1.54) is 24.3 Å². The van der Waals surface area contributed by atoms with Gasteiger partial charge in [-0.2, -0.15) is 13.2 Å². The maximum absolute atomic E-state index is 13.2. The van der Waals surface area contributed by atoms with Crippen LogP contribution in [0.4, 0.5) is 13.2 Å². The Labute approximate surface area is 116 Å². The fourth-order valence-corrected chi connectivity index (χ4v) is 2.09. The first-order chi connectivity index (χ1) is 9.90. The van der Waals surface area contributed by atoms with Crippen LogP contribution < -0.4 is 4.74 Å². The summed E-state index contributed by atoms with van der Waals surface area (Å²) in [5, 5.41) is -0.163. The maximum Gasteiger partial charge on any atom is 0.420 e. The quantitative estimate of drug-likeness (QED) is 0.630. The van der Waals surface area contributed by atoms with Gasteiger partial charge in [0.15, 0.2) is 0 Å². The van der Waals surface area contributed by atoms with Crippen LogP contribution in [0, 0.1) is 0 Å². The molecule has 7 heteroatoms. The lowest BCUT2D eigenvalue weighted by Gasteiger charge is -2.15. The van der Waals surface area contributed by atoms with E-state index in [2.05, 4.69) is 4.99 Å². The fraction of sp³-hybridized carbons (Fsp3) is 0.143. The van der Waals surface area contributed by atoms with Gasteiger partial charge in [-0.1, -0.05) is 12.1 Å². The van der Waals surface area contributed by atoms with E-state index in [0.717, 1.165) is 19.3 Å². The van der Waals surface area contributed by atoms with Crippen LogP contribution in [0.25, 0.3) is 10.8 Å². The summed E-state index contributed by atoms with van der Waals surface area (Å²) < 4.78 is 44.3. The first-order valence-electron chi connectivity index (χ1n) is 5.69. The number of hydrogen-bond donors (Lipinski definition) is 0. The molecule has 0 unspecified atom stereocenters. The van der Waals surface area contributed by atoms with Crippen LogP contribution >= 0.6 is 0 Å². The molecule has 0 aliphatic carbocycles. The zero-order valence-corrected chi connectivity index (χ0v) is 10.7. The molecule has 108 valence electrons. The molecule has 0 saturated carbocycles. The number of methoxy groups -OCH3 is 1. The molecule has 1 amide bonds. The molecule has 0 saturated heterocycles. The minimum absolute atomic E-state index is 0.0367. The zero-order chi connectivity index (χ0) is 15.6. The lowest BCUT2D eigenvalue weighted by Crippen LogP contribution is -2.09. The molecule has 0 atom stereocenters. The average molecular weight is 295 g/mol. The van der Waals surface area contributed by atoms with E-state index in [1.807, 2.05) is 0 Å². The Morgan fingerprint density at radius 2 is 1.90 bits per heavy atom. The molecule has 0 heterocycles. The number of carbonyl (C=O) groups excluding carboxylic acids is 2. The number of benzene rings is 2. The van der Waals surface area contributed by atoms with Crippen molar-refractivity contribution in [1.82, 2.24) is 0 Å². The SMILES string of the molecule is COc1ccc2c(C(=O)N=C=O)cccc2c1C(F)(F)F. The monoisotopic (exact) mass is 295 g/mol. The van der Waals surface area contributed by atoms with Crippen molar-refractivity contribution < 1.29 is 27.5 Å². The number of hydrogen-bond acceptors (Lipinski definition) is 3. The molecule has 0 aliphatic heterocycles. The van der Waals surface area contributed by atoms with Crippen molar-refractivity contribution in [3.63, 3.8) is 0 Å². The van der Waals surface area contributed by atoms with Gasteiger partial charge in [0.2, 0.25) is 6.08 Å². The molecule has 4 nitrogen and oxygen atoms in total. The first-order valence-corrected chi connectivity index (χ1v) is 5.69. The normalized spacial score (nSPS) is 11.0. The molecule has 0 aromatic heterocycles. The molecule has 0 bridgehead atoms. The maximum atomic E-state index is 13.2. The van der Waals surface area contributed by atoms with Crippen LogP contribution in [0.5, 0.6) is 5.75 Å². The Hall–Kier alpha value is -2.66. The highest BCUT2D eigenvalue weighted by Gasteiger charge is 2.36. The second-order valence-corrected chi connectivity index (χ2v) is 4.05. The Balaban J connectivity index is 2.86. The number of aliphatic imine (C=N–C) groups is 1. The van der Waals surface area contributed by atoms with Crippen molar-refractivity contribution in [3.8, 4) is 5.75 Å². The molecule has 2 aromatic carbocycles. The van der Waals surface area contributed by atoms with Gasteiger partial charge in [-0.15, -0.1) is 4.99 Å². The van der Waals surface area contributed by atoms with Gasteiger partial charge < -0.3 is 4.74 Å². The van der Waals surface area contributed by atoms with Gasteiger partial charge >= 0.3 is 6.18 Å². The van der Waals surface area contributed by atoms with Gasteiger partial charge in [-0.3, -0.25) is 4.79 Å². The van der Waals surface area contributed by atoms with Crippen molar-refractivity contribution >= 4 is 22.8 Å². The summed E-state index contributed by atoms with van der Waals surface area (Å²) in [4.78, 5) is 24.7. The van der Waals surface area contributed by atoms with Crippen molar-refractivity contribution in [2.75, 3.05) is 7.11 Å². The van der Waals surface area contributed by atoms with Crippen molar-refractivity contribution in [3.05, 3.63) is 41.5 Å². The summed E-state index contributed by atoms with van der Waals surface area (Å²) in [6.45, 7) is 0. The number of halogens is 3. The van der Waals surface area contributed by atoms with Gasteiger partial charge in [0.1, 0.15) is 11.3 Å². The number of ether oxygens (including phenoxy) is 1. The summed E-state index contributed by atoms with van der Waals surface area (Å²) in [5.41, 5.74) is -1.09. The first kappa shape index (κ1) is 14.7. The van der Waals surface area contributed by atoms with Gasteiger partial charge in [0, 0.05) is 0 Å². The number of rotatable bonds is 2. The number of isocyanates is 1. The molecule has 0 radical (unpaired) electrons. The highest BCUT2D eigenvalue weighted by molar-refractivity contribution is 6.09. The van der Waals surface area contributed by atoms with E-state index in [4.69, 9.17) is 4.74 Å².